The molecule has 54 valence electrons. The summed E-state index contributed by atoms with van der Waals surface area (Å²) < 4.78 is 2.52. The molecule has 0 rings (SSSR count). The number of aliphatic carboxylic acids is 1. The van der Waals surface area contributed by atoms with Crippen molar-refractivity contribution in [3.05, 3.63) is 0 Å². The van der Waals surface area contributed by atoms with Crippen LogP contribution in [0.5, 0.6) is 0 Å². The maximum Gasteiger partial charge on any atom is 0.321 e. The molecule has 0 radical (unpaired) electrons. The summed E-state index contributed by atoms with van der Waals surface area (Å²) >= 11 is 0.498. The fourth-order valence-electron chi connectivity index (χ4n) is 0.129. The molecule has 0 atom stereocenters. The average molecular weight is 152 g/mol. The third-order valence-electron chi connectivity index (χ3n) is 0.761. The zero-order valence-electron chi connectivity index (χ0n) is 5.12. The first kappa shape index (κ1) is 8.74. The van der Waals surface area contributed by atoms with Crippen molar-refractivity contribution in [2.24, 2.45) is 0 Å². The Kier molecular flexibility index (Phi) is 2.96. The van der Waals surface area contributed by atoms with Gasteiger partial charge in [-0.3, -0.25) is 4.79 Å². The van der Waals surface area contributed by atoms with E-state index in [4.69, 9.17) is 10.4 Å². The summed E-state index contributed by atoms with van der Waals surface area (Å²) in [6.45, 7) is 2.85. The Hall–Kier alpha value is -0.260. The van der Waals surface area contributed by atoms with Crippen molar-refractivity contribution < 1.29 is 19.5 Å². The topological polar surface area (TPSA) is 66.8 Å². The summed E-state index contributed by atoms with van der Waals surface area (Å²) in [4.78, 5) is 10.2. The number of hydrogen-bond acceptors (Lipinski definition) is 4. The molecule has 0 aromatic rings. The van der Waals surface area contributed by atoms with Crippen LogP contribution in [-0.2, 0) is 9.13 Å². The van der Waals surface area contributed by atoms with Gasteiger partial charge in [-0.1, -0.05) is 0 Å². The van der Waals surface area contributed by atoms with Crippen LogP contribution in [0.4, 0.5) is 0 Å². The highest BCUT2D eigenvalue weighted by atomic mass is 32.2. The van der Waals surface area contributed by atoms with E-state index >= 15 is 0 Å². The maximum atomic E-state index is 10.2. The van der Waals surface area contributed by atoms with Crippen molar-refractivity contribution in [1.82, 2.24) is 0 Å². The second kappa shape index (κ2) is 3.05. The third-order valence-corrected chi connectivity index (χ3v) is 1.43. The molecular weight excluding hydrogens is 144 g/mol. The van der Waals surface area contributed by atoms with E-state index in [0.29, 0.717) is 12.0 Å². The molecule has 0 saturated heterocycles. The van der Waals surface area contributed by atoms with Crippen molar-refractivity contribution in [1.29, 1.82) is 0 Å². The van der Waals surface area contributed by atoms with E-state index in [9.17, 15) is 4.79 Å². The van der Waals surface area contributed by atoms with Crippen molar-refractivity contribution in [3.63, 3.8) is 0 Å². The predicted octanol–water partition coefficient (Wildman–Crippen LogP) is 0.987. The minimum Gasteiger partial charge on any atom is -0.480 e. The molecule has 0 aromatic carbocycles. The summed E-state index contributed by atoms with van der Waals surface area (Å²) in [6, 6.07) is 0. The molecule has 0 fully saturated rings. The van der Waals surface area contributed by atoms with Crippen LogP contribution in [0.1, 0.15) is 13.8 Å². The molecule has 0 unspecified atom stereocenters. The molecular formula is C4H8O4S. The van der Waals surface area contributed by atoms with Gasteiger partial charge in [0.2, 0.25) is 0 Å². The van der Waals surface area contributed by atoms with Crippen LogP contribution in [-0.4, -0.2) is 21.1 Å². The van der Waals surface area contributed by atoms with Gasteiger partial charge >= 0.3 is 5.97 Å². The van der Waals surface area contributed by atoms with Crippen LogP contribution in [0.25, 0.3) is 0 Å². The third kappa shape index (κ3) is 2.69. The van der Waals surface area contributed by atoms with Crippen LogP contribution in [0, 0.1) is 0 Å². The molecule has 4 nitrogen and oxygen atoms in total. The second-order valence-corrected chi connectivity index (χ2v) is 3.31. The van der Waals surface area contributed by atoms with Crippen LogP contribution in [0.15, 0.2) is 0 Å². The molecule has 0 amide bonds. The summed E-state index contributed by atoms with van der Waals surface area (Å²) in [5.74, 6) is -1.03. The lowest BCUT2D eigenvalue weighted by Crippen LogP contribution is -2.27. The molecule has 0 bridgehead atoms. The molecule has 0 saturated carbocycles. The molecule has 0 spiro atoms. The Morgan fingerprint density at radius 1 is 1.67 bits per heavy atom. The first-order valence-corrected chi connectivity index (χ1v) is 2.97. The summed E-state index contributed by atoms with van der Waals surface area (Å²) in [6.07, 6.45) is 0. The number of carboxylic acids is 1. The van der Waals surface area contributed by atoms with Gasteiger partial charge in [0.25, 0.3) is 0 Å². The molecule has 9 heavy (non-hydrogen) atoms. The Labute approximate surface area is 57.0 Å². The highest BCUT2D eigenvalue weighted by Crippen LogP contribution is 2.23. The fourth-order valence-corrected chi connectivity index (χ4v) is 0.386. The van der Waals surface area contributed by atoms with Gasteiger partial charge in [-0.15, -0.1) is 0 Å². The van der Waals surface area contributed by atoms with Crippen molar-refractivity contribution >= 4 is 18.0 Å². The first-order chi connectivity index (χ1) is 4.00. The van der Waals surface area contributed by atoms with Crippen LogP contribution in [0.2, 0.25) is 0 Å². The lowest BCUT2D eigenvalue weighted by atomic mass is 10.2. The fraction of sp³-hybridized carbons (Fsp3) is 0.750. The molecule has 0 aliphatic rings. The van der Waals surface area contributed by atoms with E-state index in [2.05, 4.69) is 4.33 Å². The van der Waals surface area contributed by atoms with E-state index in [1.54, 1.807) is 0 Å². The first-order valence-electron chi connectivity index (χ1n) is 2.23. The lowest BCUT2D eigenvalue weighted by molar-refractivity contribution is -0.141. The minimum absolute atomic E-state index is 0.498. The van der Waals surface area contributed by atoms with E-state index in [-0.39, 0.29) is 0 Å². The molecule has 0 aromatic heterocycles. The highest BCUT2D eigenvalue weighted by Gasteiger charge is 2.29. The molecule has 0 aliphatic heterocycles. The molecule has 0 aliphatic carbocycles. The second-order valence-electron chi connectivity index (χ2n) is 1.97. The molecule has 0 heterocycles. The van der Waals surface area contributed by atoms with E-state index in [1.165, 1.54) is 13.8 Å². The van der Waals surface area contributed by atoms with Gasteiger partial charge in [-0.05, 0) is 13.8 Å². The van der Waals surface area contributed by atoms with Crippen molar-refractivity contribution in [3.8, 4) is 0 Å². The molecule has 2 N–H and O–H groups in total. The quantitative estimate of drug-likeness (QED) is 0.358. The van der Waals surface area contributed by atoms with Crippen molar-refractivity contribution in [2.75, 3.05) is 0 Å². The van der Waals surface area contributed by atoms with Gasteiger partial charge in [-0.2, -0.15) is 4.33 Å². The zero-order valence-corrected chi connectivity index (χ0v) is 5.94. The van der Waals surface area contributed by atoms with Gasteiger partial charge in [0, 0.05) is 12.0 Å². The Bertz CT molecular complexity index is 111. The van der Waals surface area contributed by atoms with Gasteiger partial charge in [0.15, 0.2) is 0 Å². The summed E-state index contributed by atoms with van der Waals surface area (Å²) in [7, 11) is 0. The van der Waals surface area contributed by atoms with Gasteiger partial charge < -0.3 is 5.11 Å². The zero-order chi connectivity index (χ0) is 7.49. The minimum atomic E-state index is -1.09. The molecule has 5 heteroatoms. The van der Waals surface area contributed by atoms with Crippen LogP contribution in [0.3, 0.4) is 0 Å². The maximum absolute atomic E-state index is 10.2. The van der Waals surface area contributed by atoms with Crippen LogP contribution < -0.4 is 0 Å². The summed E-state index contributed by atoms with van der Waals surface area (Å²) in [5.41, 5.74) is 0. The highest BCUT2D eigenvalue weighted by molar-refractivity contribution is 7.96. The average Bonchev–Trinajstić information content (AvgIpc) is 1.65. The van der Waals surface area contributed by atoms with E-state index in [0.717, 1.165) is 0 Å². The normalized spacial score (nSPS) is 11.4. The number of rotatable bonds is 3. The number of carbonyl (C=O) groups is 1. The monoisotopic (exact) mass is 152 g/mol. The Morgan fingerprint density at radius 3 is 2.22 bits per heavy atom. The SMILES string of the molecule is CC(C)(SOO)C(=O)O. The number of carboxylic acid groups (broad SMARTS) is 1. The van der Waals surface area contributed by atoms with Crippen molar-refractivity contribution in [2.45, 2.75) is 18.6 Å². The largest absolute Gasteiger partial charge is 0.480 e. The number of hydrogen-bond donors (Lipinski definition) is 2. The standard InChI is InChI=1S/C4H8O4S/c1-4(2,3(5)6)9-8-7/h7H,1-2H3,(H,5,6). The Balaban J connectivity index is 3.85. The Morgan fingerprint density at radius 2 is 2.11 bits per heavy atom. The van der Waals surface area contributed by atoms with Gasteiger partial charge in [0.1, 0.15) is 4.75 Å². The van der Waals surface area contributed by atoms with E-state index < -0.39 is 10.7 Å². The smallest absolute Gasteiger partial charge is 0.321 e. The van der Waals surface area contributed by atoms with Gasteiger partial charge in [0.05, 0.1) is 0 Å². The lowest BCUT2D eigenvalue weighted by Gasteiger charge is -2.13. The predicted molar refractivity (Wildman–Crippen MR) is 33.0 cm³/mol. The van der Waals surface area contributed by atoms with Gasteiger partial charge in [-0.25, -0.2) is 5.26 Å². The summed E-state index contributed by atoms with van der Waals surface area (Å²) in [5, 5.41) is 16.2. The van der Waals surface area contributed by atoms with E-state index in [1.807, 2.05) is 0 Å². The van der Waals surface area contributed by atoms with Crippen LogP contribution >= 0.6 is 12.0 Å².